The molecule has 0 amide bonds. The summed E-state index contributed by atoms with van der Waals surface area (Å²) in [6.07, 6.45) is 8.97. The van der Waals surface area contributed by atoms with Crippen molar-refractivity contribution in [3.8, 4) is 0 Å². The molecule has 0 spiro atoms. The Hall–Kier alpha value is 0.310. The fourth-order valence-corrected chi connectivity index (χ4v) is 2.38. The van der Waals surface area contributed by atoms with Crippen molar-refractivity contribution in [2.45, 2.75) is 38.1 Å². The summed E-state index contributed by atoms with van der Waals surface area (Å²) in [5.41, 5.74) is 6.05. The van der Waals surface area contributed by atoms with Gasteiger partial charge in [0.25, 0.3) is 0 Å². The fraction of sp³-hybridized carbons (Fsp3) is 1.00. The van der Waals surface area contributed by atoms with Crippen molar-refractivity contribution in [2.75, 3.05) is 12.0 Å². The Morgan fingerprint density at radius 2 is 2.09 bits per heavy atom. The van der Waals surface area contributed by atoms with Crippen LogP contribution >= 0.6 is 11.8 Å². The number of thioether (sulfide) groups is 1. The third kappa shape index (κ3) is 3.04. The monoisotopic (exact) mass is 173 g/mol. The van der Waals surface area contributed by atoms with Crippen LogP contribution in [-0.2, 0) is 0 Å². The van der Waals surface area contributed by atoms with E-state index in [1.807, 2.05) is 11.8 Å². The standard InChI is InChI=1S/C9H19NS/c1-11-7-6-9(10)8-4-2-3-5-8/h8-9H,2-7,10H2,1H3. The molecule has 66 valence electrons. The lowest BCUT2D eigenvalue weighted by atomic mass is 9.97. The SMILES string of the molecule is CSCCC(N)C1CCCC1. The summed E-state index contributed by atoms with van der Waals surface area (Å²) in [4.78, 5) is 0. The summed E-state index contributed by atoms with van der Waals surface area (Å²) < 4.78 is 0. The minimum absolute atomic E-state index is 0.491. The molecule has 2 N–H and O–H groups in total. The third-order valence-corrected chi connectivity index (χ3v) is 3.30. The maximum atomic E-state index is 6.05. The molecule has 0 saturated heterocycles. The zero-order valence-corrected chi connectivity index (χ0v) is 8.20. The maximum absolute atomic E-state index is 6.05. The smallest absolute Gasteiger partial charge is 0.00750 e. The highest BCUT2D eigenvalue weighted by molar-refractivity contribution is 7.98. The Bertz CT molecular complexity index is 99.7. The Labute approximate surface area is 74.1 Å². The van der Waals surface area contributed by atoms with E-state index in [0.29, 0.717) is 6.04 Å². The summed E-state index contributed by atoms with van der Waals surface area (Å²) in [5, 5.41) is 0. The van der Waals surface area contributed by atoms with Crippen molar-refractivity contribution in [3.05, 3.63) is 0 Å². The van der Waals surface area contributed by atoms with E-state index in [0.717, 1.165) is 5.92 Å². The highest BCUT2D eigenvalue weighted by Gasteiger charge is 2.20. The molecule has 1 fully saturated rings. The second-order valence-corrected chi connectivity index (χ2v) is 4.48. The predicted octanol–water partition coefficient (Wildman–Crippen LogP) is 2.26. The predicted molar refractivity (Wildman–Crippen MR) is 52.9 cm³/mol. The Kier molecular flexibility index (Phi) is 4.31. The van der Waals surface area contributed by atoms with Gasteiger partial charge in [0.05, 0.1) is 0 Å². The molecule has 2 heteroatoms. The Morgan fingerprint density at radius 3 is 2.64 bits per heavy atom. The normalized spacial score (nSPS) is 22.4. The molecule has 0 radical (unpaired) electrons. The van der Waals surface area contributed by atoms with Crippen LogP contribution in [0.3, 0.4) is 0 Å². The Morgan fingerprint density at radius 1 is 1.45 bits per heavy atom. The first-order valence-corrected chi connectivity index (χ1v) is 5.98. The van der Waals surface area contributed by atoms with Gasteiger partial charge in [-0.25, -0.2) is 0 Å². The third-order valence-electron chi connectivity index (χ3n) is 2.66. The van der Waals surface area contributed by atoms with E-state index in [4.69, 9.17) is 5.73 Å². The van der Waals surface area contributed by atoms with Gasteiger partial charge in [-0.15, -0.1) is 0 Å². The van der Waals surface area contributed by atoms with Gasteiger partial charge in [-0.2, -0.15) is 11.8 Å². The summed E-state index contributed by atoms with van der Waals surface area (Å²) in [5.74, 6) is 2.08. The number of nitrogens with two attached hydrogens (primary N) is 1. The van der Waals surface area contributed by atoms with Crippen molar-refractivity contribution in [3.63, 3.8) is 0 Å². The van der Waals surface area contributed by atoms with E-state index < -0.39 is 0 Å². The number of hydrogen-bond acceptors (Lipinski definition) is 2. The highest BCUT2D eigenvalue weighted by atomic mass is 32.2. The zero-order valence-electron chi connectivity index (χ0n) is 7.38. The van der Waals surface area contributed by atoms with Crippen LogP contribution in [0.2, 0.25) is 0 Å². The molecular weight excluding hydrogens is 154 g/mol. The lowest BCUT2D eigenvalue weighted by molar-refractivity contribution is 0.424. The first kappa shape index (κ1) is 9.40. The summed E-state index contributed by atoms with van der Waals surface area (Å²) >= 11 is 1.91. The second kappa shape index (κ2) is 5.04. The molecule has 0 heterocycles. The lowest BCUT2D eigenvalue weighted by Gasteiger charge is -2.17. The molecule has 0 aromatic carbocycles. The van der Waals surface area contributed by atoms with Gasteiger partial charge in [0.15, 0.2) is 0 Å². The molecular formula is C9H19NS. The molecule has 1 rings (SSSR count). The first-order valence-electron chi connectivity index (χ1n) is 4.59. The fourth-order valence-electron chi connectivity index (χ4n) is 1.88. The van der Waals surface area contributed by atoms with Crippen LogP contribution in [0.15, 0.2) is 0 Å². The topological polar surface area (TPSA) is 26.0 Å². The van der Waals surface area contributed by atoms with Gasteiger partial charge in [-0.05, 0) is 37.2 Å². The summed E-state index contributed by atoms with van der Waals surface area (Å²) in [7, 11) is 0. The van der Waals surface area contributed by atoms with E-state index in [1.54, 1.807) is 0 Å². The molecule has 0 bridgehead atoms. The van der Waals surface area contributed by atoms with Crippen LogP contribution in [0.4, 0.5) is 0 Å². The highest BCUT2D eigenvalue weighted by Crippen LogP contribution is 2.28. The van der Waals surface area contributed by atoms with Gasteiger partial charge < -0.3 is 5.73 Å². The van der Waals surface area contributed by atoms with E-state index in [9.17, 15) is 0 Å². The van der Waals surface area contributed by atoms with Crippen LogP contribution in [0, 0.1) is 5.92 Å². The van der Waals surface area contributed by atoms with E-state index in [2.05, 4.69) is 6.26 Å². The minimum atomic E-state index is 0.491. The van der Waals surface area contributed by atoms with E-state index in [1.165, 1.54) is 37.9 Å². The minimum Gasteiger partial charge on any atom is -0.327 e. The van der Waals surface area contributed by atoms with Crippen LogP contribution in [0.5, 0.6) is 0 Å². The average molecular weight is 173 g/mol. The van der Waals surface area contributed by atoms with Crippen molar-refractivity contribution in [1.29, 1.82) is 0 Å². The van der Waals surface area contributed by atoms with Crippen LogP contribution in [-0.4, -0.2) is 18.1 Å². The first-order chi connectivity index (χ1) is 5.34. The number of rotatable bonds is 4. The molecule has 11 heavy (non-hydrogen) atoms. The van der Waals surface area contributed by atoms with Crippen LogP contribution < -0.4 is 5.73 Å². The van der Waals surface area contributed by atoms with Crippen molar-refractivity contribution >= 4 is 11.8 Å². The van der Waals surface area contributed by atoms with E-state index >= 15 is 0 Å². The van der Waals surface area contributed by atoms with Gasteiger partial charge in [-0.3, -0.25) is 0 Å². The molecule has 1 aliphatic rings. The summed E-state index contributed by atoms with van der Waals surface area (Å²) in [6.45, 7) is 0. The average Bonchev–Trinajstić information content (AvgIpc) is 2.52. The van der Waals surface area contributed by atoms with E-state index in [-0.39, 0.29) is 0 Å². The molecule has 1 nitrogen and oxygen atoms in total. The molecule has 1 unspecified atom stereocenters. The molecule has 0 aromatic heterocycles. The largest absolute Gasteiger partial charge is 0.327 e. The molecule has 0 aromatic rings. The van der Waals surface area contributed by atoms with Crippen molar-refractivity contribution in [1.82, 2.24) is 0 Å². The molecule has 1 atom stereocenters. The van der Waals surface area contributed by atoms with Crippen LogP contribution in [0.25, 0.3) is 0 Å². The van der Waals surface area contributed by atoms with Gasteiger partial charge in [0.1, 0.15) is 0 Å². The second-order valence-electron chi connectivity index (χ2n) is 3.49. The quantitative estimate of drug-likeness (QED) is 0.705. The van der Waals surface area contributed by atoms with Gasteiger partial charge >= 0.3 is 0 Å². The lowest BCUT2D eigenvalue weighted by Crippen LogP contribution is -2.28. The maximum Gasteiger partial charge on any atom is 0.00750 e. The number of hydrogen-bond donors (Lipinski definition) is 1. The summed E-state index contributed by atoms with van der Waals surface area (Å²) in [6, 6.07) is 0.491. The van der Waals surface area contributed by atoms with Crippen molar-refractivity contribution < 1.29 is 0 Å². The molecule has 1 aliphatic carbocycles. The van der Waals surface area contributed by atoms with Crippen molar-refractivity contribution in [2.24, 2.45) is 11.7 Å². The zero-order chi connectivity index (χ0) is 8.10. The van der Waals surface area contributed by atoms with Crippen LogP contribution in [0.1, 0.15) is 32.1 Å². The van der Waals surface area contributed by atoms with Gasteiger partial charge in [0, 0.05) is 6.04 Å². The van der Waals surface area contributed by atoms with Gasteiger partial charge in [0.2, 0.25) is 0 Å². The molecule has 0 aliphatic heterocycles. The Balaban J connectivity index is 2.12. The van der Waals surface area contributed by atoms with Gasteiger partial charge in [-0.1, -0.05) is 12.8 Å². The molecule has 1 saturated carbocycles.